The van der Waals surface area contributed by atoms with Crippen LogP contribution in [0.15, 0.2) is 0 Å². The van der Waals surface area contributed by atoms with Crippen molar-refractivity contribution in [2.45, 2.75) is 112 Å². The van der Waals surface area contributed by atoms with Crippen molar-refractivity contribution in [3.05, 3.63) is 0 Å². The minimum Gasteiger partial charge on any atom is -0.388 e. The van der Waals surface area contributed by atoms with Crippen LogP contribution in [0.4, 0.5) is 0 Å². The maximum atomic E-state index is 11.6. The summed E-state index contributed by atoms with van der Waals surface area (Å²) in [4.78, 5) is 0. The van der Waals surface area contributed by atoms with E-state index in [1.165, 1.54) is 0 Å². The first-order valence-electron chi connectivity index (χ1n) is 13.1. The van der Waals surface area contributed by atoms with E-state index in [1.807, 2.05) is 28.2 Å². The molecule has 1 aliphatic carbocycles. The number of hydrogen-bond donors (Lipinski definition) is 8. The number of aliphatic hydroxyl groups excluding tert-OH is 2. The van der Waals surface area contributed by atoms with Crippen LogP contribution in [-0.4, -0.2) is 136 Å². The Morgan fingerprint density at radius 1 is 0.833 bits per heavy atom. The van der Waals surface area contributed by atoms with Gasteiger partial charge in [-0.2, -0.15) is 0 Å². The Balaban J connectivity index is 1.78. The van der Waals surface area contributed by atoms with E-state index in [0.717, 1.165) is 12.8 Å². The van der Waals surface area contributed by atoms with Gasteiger partial charge < -0.3 is 60.9 Å². The summed E-state index contributed by atoms with van der Waals surface area (Å²) in [7, 11) is 9.12. The minimum atomic E-state index is -1.26. The number of ether oxygens (including phenoxy) is 4. The maximum Gasteiger partial charge on any atom is 0.185 e. The van der Waals surface area contributed by atoms with Crippen LogP contribution < -0.4 is 26.6 Å². The van der Waals surface area contributed by atoms with Gasteiger partial charge in [0.2, 0.25) is 0 Å². The molecule has 0 aromatic rings. The second kappa shape index (κ2) is 13.0. The standard InChI is InChI=1S/C24H49N5O7/c1-12(25-3)16-9-8-13(26-4)22(34-16)35-19-14(27-5)10-15(28-6)20(17(19)30)36-23-18(31)21(29-7)24(2,32)11-33-23/h12-23,25-32H,8-11H2,1-7H3/t12?,13?,14?,15-,16-,17+,18-,19+,20-,21+,22-,23-,24+/m1/s1. The van der Waals surface area contributed by atoms with Crippen molar-refractivity contribution < 1.29 is 34.3 Å². The molecule has 3 rings (SSSR count). The van der Waals surface area contributed by atoms with Gasteiger partial charge in [-0.15, -0.1) is 0 Å². The molecule has 3 unspecified atom stereocenters. The molecule has 2 aliphatic heterocycles. The molecule has 8 N–H and O–H groups in total. The first kappa shape index (κ1) is 30.1. The lowest BCUT2D eigenvalue weighted by molar-refractivity contribution is -0.309. The van der Waals surface area contributed by atoms with Gasteiger partial charge in [-0.1, -0.05) is 0 Å². The Morgan fingerprint density at radius 3 is 1.94 bits per heavy atom. The fourth-order valence-corrected chi connectivity index (χ4v) is 5.77. The SMILES string of the molecule is CNC1CC[C@H](C(C)NC)O[C@@H]1O[C@H]1C(NC)C[C@@H](NC)[C@@H](O[C@H]2OC[C@](C)(O)[C@@H](NC)[C@H]2O)[C@H]1O. The minimum absolute atomic E-state index is 0.00692. The van der Waals surface area contributed by atoms with E-state index in [4.69, 9.17) is 18.9 Å². The lowest BCUT2D eigenvalue weighted by Gasteiger charge is -2.49. The van der Waals surface area contributed by atoms with Crippen LogP contribution in [0.2, 0.25) is 0 Å². The third-order valence-electron chi connectivity index (χ3n) is 8.22. The summed E-state index contributed by atoms with van der Waals surface area (Å²) < 4.78 is 24.8. The van der Waals surface area contributed by atoms with Gasteiger partial charge in [-0.05, 0) is 68.3 Å². The number of nitrogens with one attached hydrogen (secondary N) is 5. The molecule has 36 heavy (non-hydrogen) atoms. The topological polar surface area (TPSA) is 158 Å². The van der Waals surface area contributed by atoms with Crippen LogP contribution in [0.5, 0.6) is 0 Å². The third kappa shape index (κ3) is 6.38. The zero-order valence-electron chi connectivity index (χ0n) is 22.7. The van der Waals surface area contributed by atoms with Crippen LogP contribution in [0.1, 0.15) is 33.1 Å². The van der Waals surface area contributed by atoms with Crippen molar-refractivity contribution in [1.82, 2.24) is 26.6 Å². The van der Waals surface area contributed by atoms with Gasteiger partial charge in [-0.3, -0.25) is 0 Å². The smallest absolute Gasteiger partial charge is 0.185 e. The molecule has 3 aliphatic rings. The second-order valence-electron chi connectivity index (χ2n) is 10.6. The highest BCUT2D eigenvalue weighted by Gasteiger charge is 2.51. The van der Waals surface area contributed by atoms with Crippen molar-refractivity contribution in [1.29, 1.82) is 0 Å². The molecule has 0 bridgehead atoms. The monoisotopic (exact) mass is 519 g/mol. The molecule has 212 valence electrons. The predicted octanol–water partition coefficient (Wildman–Crippen LogP) is -2.55. The van der Waals surface area contributed by atoms with Crippen molar-refractivity contribution in [2.24, 2.45) is 0 Å². The van der Waals surface area contributed by atoms with Gasteiger partial charge in [0.25, 0.3) is 0 Å². The van der Waals surface area contributed by atoms with Gasteiger partial charge >= 0.3 is 0 Å². The Bertz CT molecular complexity index is 677. The largest absolute Gasteiger partial charge is 0.388 e. The Hall–Kier alpha value is -0.480. The van der Waals surface area contributed by atoms with Crippen LogP contribution >= 0.6 is 0 Å². The molecular weight excluding hydrogens is 470 g/mol. The highest BCUT2D eigenvalue weighted by Crippen LogP contribution is 2.33. The van der Waals surface area contributed by atoms with Crippen LogP contribution in [-0.2, 0) is 18.9 Å². The summed E-state index contributed by atoms with van der Waals surface area (Å²) in [5.74, 6) is 0. The summed E-state index contributed by atoms with van der Waals surface area (Å²) >= 11 is 0. The van der Waals surface area contributed by atoms with Gasteiger partial charge in [0.15, 0.2) is 12.6 Å². The van der Waals surface area contributed by atoms with Crippen LogP contribution in [0.3, 0.4) is 0 Å². The molecule has 3 fully saturated rings. The average molecular weight is 520 g/mol. The normalized spacial score (nSPS) is 47.0. The van der Waals surface area contributed by atoms with E-state index < -0.39 is 48.6 Å². The molecule has 0 spiro atoms. The third-order valence-corrected chi connectivity index (χ3v) is 8.22. The van der Waals surface area contributed by atoms with Gasteiger partial charge in [0, 0.05) is 18.1 Å². The van der Waals surface area contributed by atoms with E-state index in [1.54, 1.807) is 14.0 Å². The predicted molar refractivity (Wildman–Crippen MR) is 135 cm³/mol. The summed E-state index contributed by atoms with van der Waals surface area (Å²) in [6, 6.07) is -0.896. The van der Waals surface area contributed by atoms with Crippen molar-refractivity contribution in [3.63, 3.8) is 0 Å². The molecule has 0 amide bonds. The molecule has 0 radical (unpaired) electrons. The molecular formula is C24H49N5O7. The molecule has 2 heterocycles. The van der Waals surface area contributed by atoms with Crippen molar-refractivity contribution in [3.8, 4) is 0 Å². The zero-order valence-corrected chi connectivity index (χ0v) is 22.7. The number of aliphatic hydroxyl groups is 3. The summed E-state index contributed by atoms with van der Waals surface area (Å²) in [6.45, 7) is 3.67. The van der Waals surface area contributed by atoms with E-state index in [2.05, 4.69) is 33.5 Å². The van der Waals surface area contributed by atoms with E-state index in [-0.39, 0.29) is 36.9 Å². The van der Waals surface area contributed by atoms with E-state index >= 15 is 0 Å². The quantitative estimate of drug-likeness (QED) is 0.153. The average Bonchev–Trinajstić information content (AvgIpc) is 2.87. The number of likely N-dealkylation sites (N-methyl/N-ethyl adjacent to an activating group) is 5. The molecule has 12 heteroatoms. The molecule has 12 nitrogen and oxygen atoms in total. The van der Waals surface area contributed by atoms with Gasteiger partial charge in [0.1, 0.15) is 30.0 Å². The number of hydrogen-bond acceptors (Lipinski definition) is 12. The van der Waals surface area contributed by atoms with Crippen LogP contribution in [0, 0.1) is 0 Å². The summed E-state index contributed by atoms with van der Waals surface area (Å²) in [6.07, 6.45) is -2.71. The lowest BCUT2D eigenvalue weighted by atomic mass is 9.83. The van der Waals surface area contributed by atoms with Crippen molar-refractivity contribution in [2.75, 3.05) is 41.8 Å². The van der Waals surface area contributed by atoms with E-state index in [0.29, 0.717) is 6.42 Å². The molecule has 2 saturated heterocycles. The van der Waals surface area contributed by atoms with Crippen LogP contribution in [0.25, 0.3) is 0 Å². The summed E-state index contributed by atoms with van der Waals surface area (Å²) in [5.41, 5.74) is -1.26. The Labute approximate surface area is 215 Å². The summed E-state index contributed by atoms with van der Waals surface area (Å²) in [5, 5.41) is 49.0. The van der Waals surface area contributed by atoms with Crippen molar-refractivity contribution >= 4 is 0 Å². The van der Waals surface area contributed by atoms with E-state index in [9.17, 15) is 15.3 Å². The highest BCUT2D eigenvalue weighted by molar-refractivity contribution is 5.03. The maximum absolute atomic E-state index is 11.6. The Morgan fingerprint density at radius 2 is 1.42 bits per heavy atom. The number of rotatable bonds is 10. The lowest BCUT2D eigenvalue weighted by Crippen LogP contribution is -2.69. The second-order valence-corrected chi connectivity index (χ2v) is 10.6. The molecule has 1 saturated carbocycles. The fraction of sp³-hybridized carbons (Fsp3) is 1.00. The van der Waals surface area contributed by atoms with Gasteiger partial charge in [0.05, 0.1) is 24.8 Å². The Kier molecular flexibility index (Phi) is 10.9. The zero-order chi connectivity index (χ0) is 26.6. The highest BCUT2D eigenvalue weighted by atomic mass is 16.7. The van der Waals surface area contributed by atoms with Gasteiger partial charge in [-0.25, -0.2) is 0 Å². The fourth-order valence-electron chi connectivity index (χ4n) is 5.77. The first-order chi connectivity index (χ1) is 17.1. The first-order valence-corrected chi connectivity index (χ1v) is 13.1. The molecule has 0 aromatic carbocycles. The molecule has 0 aromatic heterocycles. The molecule has 13 atom stereocenters.